The van der Waals surface area contributed by atoms with E-state index in [1.54, 1.807) is 0 Å². The molecule has 0 bridgehead atoms. The number of nitrogens with two attached hydrogens (primary N) is 1. The highest BCUT2D eigenvalue weighted by Crippen LogP contribution is 2.10. The third-order valence-corrected chi connectivity index (χ3v) is 3.04. The molecule has 19 heavy (non-hydrogen) atoms. The maximum absolute atomic E-state index is 6.02. The van der Waals surface area contributed by atoms with Gasteiger partial charge in [-0.15, -0.1) is 0 Å². The van der Waals surface area contributed by atoms with Crippen molar-refractivity contribution >= 4 is 32.0 Å². The van der Waals surface area contributed by atoms with Crippen molar-refractivity contribution in [3.05, 3.63) is 54.4 Å². The minimum atomic E-state index is 0.676. The van der Waals surface area contributed by atoms with E-state index < -0.39 is 0 Å². The Morgan fingerprint density at radius 2 is 2.11 bits per heavy atom. The van der Waals surface area contributed by atoms with E-state index in [1.165, 1.54) is 0 Å². The fourth-order valence-corrected chi connectivity index (χ4v) is 2.08. The van der Waals surface area contributed by atoms with E-state index in [0.29, 0.717) is 11.5 Å². The molecule has 0 fully saturated rings. The molecule has 4 heteroatoms. The standard InChI is InChI=1S/C15H20IN3/c1-3-4-10-18-12(2)19-15(16)11-14(17)13-8-6-5-7-9-13/h5-9,11,18H,2-4,10,17H2,1H3/b14-11-,19-15?. The van der Waals surface area contributed by atoms with Crippen LogP contribution in [0.15, 0.2) is 53.8 Å². The first-order valence-corrected chi connectivity index (χ1v) is 7.41. The molecule has 0 saturated carbocycles. The van der Waals surface area contributed by atoms with Crippen LogP contribution < -0.4 is 11.1 Å². The molecule has 1 aromatic rings. The predicted molar refractivity (Wildman–Crippen MR) is 92.1 cm³/mol. The van der Waals surface area contributed by atoms with E-state index in [-0.39, 0.29) is 0 Å². The molecule has 0 unspecified atom stereocenters. The number of hydrogen-bond acceptors (Lipinski definition) is 3. The Labute approximate surface area is 128 Å². The molecule has 3 nitrogen and oxygen atoms in total. The minimum absolute atomic E-state index is 0.676. The van der Waals surface area contributed by atoms with Crippen LogP contribution in [0.25, 0.3) is 5.70 Å². The molecule has 102 valence electrons. The molecule has 3 N–H and O–H groups in total. The molecule has 0 aliphatic heterocycles. The molecule has 0 aliphatic rings. The van der Waals surface area contributed by atoms with Crippen molar-refractivity contribution in [1.29, 1.82) is 0 Å². The van der Waals surface area contributed by atoms with E-state index in [9.17, 15) is 0 Å². The fraction of sp³-hybridized carbons (Fsp3) is 0.267. The van der Waals surface area contributed by atoms with Crippen molar-refractivity contribution in [2.75, 3.05) is 6.54 Å². The lowest BCUT2D eigenvalue weighted by Gasteiger charge is -2.04. The van der Waals surface area contributed by atoms with Crippen LogP contribution in [0.2, 0.25) is 0 Å². The lowest BCUT2D eigenvalue weighted by molar-refractivity contribution is 0.708. The van der Waals surface area contributed by atoms with Gasteiger partial charge in [0, 0.05) is 12.2 Å². The van der Waals surface area contributed by atoms with Crippen LogP contribution in [0.4, 0.5) is 0 Å². The Bertz CT molecular complexity index is 464. The van der Waals surface area contributed by atoms with Crippen molar-refractivity contribution in [1.82, 2.24) is 5.32 Å². The molecular formula is C15H20IN3. The molecule has 0 aliphatic carbocycles. The van der Waals surface area contributed by atoms with Gasteiger partial charge in [0.2, 0.25) is 0 Å². The predicted octanol–water partition coefficient (Wildman–Crippen LogP) is 3.68. The Balaban J connectivity index is 2.62. The Hall–Kier alpha value is -1.30. The number of nitrogens with zero attached hydrogens (tertiary/aromatic N) is 1. The number of nitrogens with one attached hydrogen (secondary N) is 1. The Morgan fingerprint density at radius 1 is 1.42 bits per heavy atom. The van der Waals surface area contributed by atoms with Crippen molar-refractivity contribution < 1.29 is 0 Å². The first kappa shape index (κ1) is 15.8. The van der Waals surface area contributed by atoms with Crippen molar-refractivity contribution in [3.63, 3.8) is 0 Å². The van der Waals surface area contributed by atoms with Crippen LogP contribution in [0.1, 0.15) is 25.3 Å². The molecule has 0 amide bonds. The molecule has 0 aromatic heterocycles. The van der Waals surface area contributed by atoms with Gasteiger partial charge in [-0.1, -0.05) is 50.3 Å². The minimum Gasteiger partial charge on any atom is -0.398 e. The summed E-state index contributed by atoms with van der Waals surface area (Å²) < 4.78 is 0.813. The highest BCUT2D eigenvalue weighted by molar-refractivity contribution is 14.1. The average molecular weight is 369 g/mol. The summed E-state index contributed by atoms with van der Waals surface area (Å²) in [6, 6.07) is 9.85. The average Bonchev–Trinajstić information content (AvgIpc) is 2.39. The van der Waals surface area contributed by atoms with E-state index in [4.69, 9.17) is 5.73 Å². The number of hydrogen-bond donors (Lipinski definition) is 2. The fourth-order valence-electron chi connectivity index (χ4n) is 1.45. The van der Waals surface area contributed by atoms with Gasteiger partial charge in [0.1, 0.15) is 9.54 Å². The summed E-state index contributed by atoms with van der Waals surface area (Å²) in [5, 5.41) is 3.17. The second-order valence-corrected chi connectivity index (χ2v) is 5.23. The number of benzene rings is 1. The molecule has 0 atom stereocenters. The third-order valence-electron chi connectivity index (χ3n) is 2.48. The molecule has 1 rings (SSSR count). The first-order valence-electron chi connectivity index (χ1n) is 6.33. The van der Waals surface area contributed by atoms with Gasteiger partial charge in [-0.2, -0.15) is 0 Å². The lowest BCUT2D eigenvalue weighted by atomic mass is 10.1. The maximum atomic E-state index is 6.02. The summed E-state index contributed by atoms with van der Waals surface area (Å²) in [6.45, 7) is 6.93. The smallest absolute Gasteiger partial charge is 0.119 e. The summed E-state index contributed by atoms with van der Waals surface area (Å²) in [5.41, 5.74) is 7.72. The quantitative estimate of drug-likeness (QED) is 0.438. The molecule has 0 spiro atoms. The topological polar surface area (TPSA) is 50.4 Å². The number of allylic oxidation sites excluding steroid dienone is 1. The second kappa shape index (κ2) is 8.74. The van der Waals surface area contributed by atoms with E-state index in [2.05, 4.69) is 46.4 Å². The number of unbranched alkanes of at least 4 members (excludes halogenated alkanes) is 1. The number of rotatable bonds is 7. The van der Waals surface area contributed by atoms with Crippen LogP contribution in [0, 0.1) is 0 Å². The summed E-state index contributed by atoms with van der Waals surface area (Å²) in [5.74, 6) is 0.676. The van der Waals surface area contributed by atoms with Gasteiger partial charge in [-0.05, 0) is 40.7 Å². The second-order valence-electron chi connectivity index (χ2n) is 4.13. The molecule has 0 saturated heterocycles. The molecule has 0 radical (unpaired) electrons. The van der Waals surface area contributed by atoms with E-state index in [0.717, 1.165) is 28.7 Å². The molecule has 1 aromatic carbocycles. The van der Waals surface area contributed by atoms with Gasteiger partial charge < -0.3 is 11.1 Å². The number of aliphatic imine (C=N–C) groups is 1. The van der Waals surface area contributed by atoms with Gasteiger partial charge in [-0.25, -0.2) is 4.99 Å². The zero-order valence-electron chi connectivity index (χ0n) is 11.2. The summed E-state index contributed by atoms with van der Waals surface area (Å²) >= 11 is 2.15. The maximum Gasteiger partial charge on any atom is 0.119 e. The van der Waals surface area contributed by atoms with Gasteiger partial charge >= 0.3 is 0 Å². The van der Waals surface area contributed by atoms with Crippen molar-refractivity contribution in [2.45, 2.75) is 19.8 Å². The van der Waals surface area contributed by atoms with Crippen LogP contribution in [-0.4, -0.2) is 10.3 Å². The van der Waals surface area contributed by atoms with E-state index >= 15 is 0 Å². The van der Waals surface area contributed by atoms with Gasteiger partial charge in [-0.3, -0.25) is 0 Å². The highest BCUT2D eigenvalue weighted by Gasteiger charge is 1.97. The number of halogens is 1. The van der Waals surface area contributed by atoms with Crippen LogP contribution in [0.3, 0.4) is 0 Å². The lowest BCUT2D eigenvalue weighted by Crippen LogP contribution is -2.12. The third kappa shape index (κ3) is 6.42. The van der Waals surface area contributed by atoms with Crippen LogP contribution in [0.5, 0.6) is 0 Å². The van der Waals surface area contributed by atoms with Gasteiger partial charge in [0.15, 0.2) is 0 Å². The first-order chi connectivity index (χ1) is 9.13. The SMILES string of the molecule is C=C(N=C(I)/C=C(\N)c1ccccc1)NCCCC. The van der Waals surface area contributed by atoms with E-state index in [1.807, 2.05) is 36.4 Å². The normalized spacial score (nSPS) is 12.3. The van der Waals surface area contributed by atoms with Gasteiger partial charge in [0.25, 0.3) is 0 Å². The summed E-state index contributed by atoms with van der Waals surface area (Å²) in [6.07, 6.45) is 4.12. The van der Waals surface area contributed by atoms with Crippen LogP contribution in [-0.2, 0) is 0 Å². The Morgan fingerprint density at radius 3 is 2.74 bits per heavy atom. The van der Waals surface area contributed by atoms with Gasteiger partial charge in [0.05, 0.1) is 0 Å². The monoisotopic (exact) mass is 369 g/mol. The highest BCUT2D eigenvalue weighted by atomic mass is 127. The van der Waals surface area contributed by atoms with Crippen LogP contribution >= 0.6 is 22.6 Å². The van der Waals surface area contributed by atoms with Crippen molar-refractivity contribution in [3.8, 4) is 0 Å². The zero-order chi connectivity index (χ0) is 14.1. The summed E-state index contributed by atoms with van der Waals surface area (Å²) in [7, 11) is 0. The molecule has 0 heterocycles. The Kier molecular flexibility index (Phi) is 7.25. The zero-order valence-corrected chi connectivity index (χ0v) is 13.4. The summed E-state index contributed by atoms with van der Waals surface area (Å²) in [4.78, 5) is 4.36. The van der Waals surface area contributed by atoms with Crippen molar-refractivity contribution in [2.24, 2.45) is 10.7 Å². The molecular weight excluding hydrogens is 349 g/mol. The largest absolute Gasteiger partial charge is 0.398 e.